The van der Waals surface area contributed by atoms with E-state index in [-0.39, 0.29) is 0 Å². The smallest absolute Gasteiger partial charge is 0.180 e. The van der Waals surface area contributed by atoms with Gasteiger partial charge in [-0.05, 0) is 48.6 Å². The average molecular weight is 376 g/mol. The summed E-state index contributed by atoms with van der Waals surface area (Å²) in [5, 5.41) is 3.99. The van der Waals surface area contributed by atoms with E-state index in [1.807, 2.05) is 24.3 Å². The van der Waals surface area contributed by atoms with Crippen LogP contribution < -0.4 is 14.8 Å². The highest BCUT2D eigenvalue weighted by Gasteiger charge is 2.16. The summed E-state index contributed by atoms with van der Waals surface area (Å²) in [7, 11) is 1.63. The SMILES string of the molecule is COc1cc(CNCC2CCCO2)cc(Cl)c1OCc1ccccc1C. The van der Waals surface area contributed by atoms with Gasteiger partial charge in [-0.3, -0.25) is 0 Å². The van der Waals surface area contributed by atoms with Gasteiger partial charge in [0.05, 0.1) is 18.2 Å². The summed E-state index contributed by atoms with van der Waals surface area (Å²) < 4.78 is 17.1. The maximum absolute atomic E-state index is 6.47. The molecule has 1 aliphatic rings. The highest BCUT2D eigenvalue weighted by atomic mass is 35.5. The van der Waals surface area contributed by atoms with E-state index in [1.54, 1.807) is 7.11 Å². The zero-order valence-corrected chi connectivity index (χ0v) is 16.1. The third-order valence-corrected chi connectivity index (χ3v) is 4.93. The van der Waals surface area contributed by atoms with Crippen LogP contribution in [-0.4, -0.2) is 26.4 Å². The van der Waals surface area contributed by atoms with Crippen LogP contribution in [0.1, 0.15) is 29.5 Å². The predicted octanol–water partition coefficient (Wildman–Crippen LogP) is 4.50. The molecule has 1 aliphatic heterocycles. The second-order valence-electron chi connectivity index (χ2n) is 6.59. The lowest BCUT2D eigenvalue weighted by Gasteiger charge is -2.16. The minimum absolute atomic E-state index is 0.323. The monoisotopic (exact) mass is 375 g/mol. The summed E-state index contributed by atoms with van der Waals surface area (Å²) in [6, 6.07) is 12.1. The van der Waals surface area contributed by atoms with Gasteiger partial charge in [0, 0.05) is 19.7 Å². The molecule has 0 aromatic heterocycles. The molecule has 5 heteroatoms. The number of benzene rings is 2. The topological polar surface area (TPSA) is 39.7 Å². The van der Waals surface area contributed by atoms with Crippen molar-refractivity contribution in [2.24, 2.45) is 0 Å². The zero-order chi connectivity index (χ0) is 18.4. The Bertz CT molecular complexity index is 729. The Morgan fingerprint density at radius 2 is 2.12 bits per heavy atom. The van der Waals surface area contributed by atoms with Gasteiger partial charge in [0.2, 0.25) is 0 Å². The van der Waals surface area contributed by atoms with Gasteiger partial charge in [-0.25, -0.2) is 0 Å². The van der Waals surface area contributed by atoms with E-state index in [0.717, 1.165) is 37.1 Å². The second-order valence-corrected chi connectivity index (χ2v) is 7.00. The first-order valence-corrected chi connectivity index (χ1v) is 9.41. The lowest BCUT2D eigenvalue weighted by atomic mass is 10.1. The summed E-state index contributed by atoms with van der Waals surface area (Å²) in [5.41, 5.74) is 3.39. The third-order valence-electron chi connectivity index (χ3n) is 4.65. The van der Waals surface area contributed by atoms with Crippen molar-refractivity contribution >= 4 is 11.6 Å². The van der Waals surface area contributed by atoms with E-state index in [9.17, 15) is 0 Å². The van der Waals surface area contributed by atoms with Crippen LogP contribution in [0, 0.1) is 6.92 Å². The van der Waals surface area contributed by atoms with E-state index in [1.165, 1.54) is 5.56 Å². The fraction of sp³-hybridized carbons (Fsp3) is 0.429. The molecule has 1 N–H and O–H groups in total. The Kier molecular flexibility index (Phi) is 6.78. The van der Waals surface area contributed by atoms with Crippen molar-refractivity contribution in [3.8, 4) is 11.5 Å². The van der Waals surface area contributed by atoms with Crippen LogP contribution in [0.3, 0.4) is 0 Å². The summed E-state index contributed by atoms with van der Waals surface area (Å²) in [4.78, 5) is 0. The third kappa shape index (κ3) is 4.91. The van der Waals surface area contributed by atoms with E-state index in [2.05, 4.69) is 24.4 Å². The fourth-order valence-electron chi connectivity index (χ4n) is 3.12. The minimum atomic E-state index is 0.323. The number of halogens is 1. The normalized spacial score (nSPS) is 16.7. The molecule has 1 fully saturated rings. The summed E-state index contributed by atoms with van der Waals surface area (Å²) in [5.74, 6) is 1.24. The first kappa shape index (κ1) is 19.0. The number of methoxy groups -OCH3 is 1. The lowest BCUT2D eigenvalue weighted by Crippen LogP contribution is -2.25. The van der Waals surface area contributed by atoms with Crippen LogP contribution in [0.4, 0.5) is 0 Å². The van der Waals surface area contributed by atoms with Gasteiger partial charge in [0.25, 0.3) is 0 Å². The van der Waals surface area contributed by atoms with Crippen LogP contribution in [0.15, 0.2) is 36.4 Å². The summed E-state index contributed by atoms with van der Waals surface area (Å²) >= 11 is 6.47. The molecule has 0 aliphatic carbocycles. The van der Waals surface area contributed by atoms with Gasteiger partial charge in [-0.2, -0.15) is 0 Å². The number of ether oxygens (including phenoxy) is 3. The predicted molar refractivity (Wildman–Crippen MR) is 104 cm³/mol. The molecule has 0 amide bonds. The molecule has 1 unspecified atom stereocenters. The van der Waals surface area contributed by atoms with Crippen molar-refractivity contribution in [3.63, 3.8) is 0 Å². The first-order chi connectivity index (χ1) is 12.7. The van der Waals surface area contributed by atoms with Crippen molar-refractivity contribution in [2.75, 3.05) is 20.3 Å². The Morgan fingerprint density at radius 1 is 1.27 bits per heavy atom. The van der Waals surface area contributed by atoms with Gasteiger partial charge in [-0.1, -0.05) is 35.9 Å². The minimum Gasteiger partial charge on any atom is -0.493 e. The van der Waals surface area contributed by atoms with Gasteiger partial charge >= 0.3 is 0 Å². The molecule has 4 nitrogen and oxygen atoms in total. The maximum Gasteiger partial charge on any atom is 0.180 e. The molecular weight excluding hydrogens is 350 g/mol. The largest absolute Gasteiger partial charge is 0.493 e. The van der Waals surface area contributed by atoms with Crippen LogP contribution in [0.5, 0.6) is 11.5 Å². The molecule has 140 valence electrons. The highest BCUT2D eigenvalue weighted by Crippen LogP contribution is 2.37. The van der Waals surface area contributed by atoms with Gasteiger partial charge < -0.3 is 19.5 Å². The molecule has 1 atom stereocenters. The van der Waals surface area contributed by atoms with E-state index in [4.69, 9.17) is 25.8 Å². The van der Waals surface area contributed by atoms with Crippen molar-refractivity contribution < 1.29 is 14.2 Å². The standard InChI is InChI=1S/C21H26ClNO3/c1-15-6-3-4-7-17(15)14-26-21-19(22)10-16(11-20(21)24-2)12-23-13-18-8-5-9-25-18/h3-4,6-7,10-11,18,23H,5,8-9,12-14H2,1-2H3. The lowest BCUT2D eigenvalue weighted by molar-refractivity contribution is 0.110. The molecule has 0 radical (unpaired) electrons. The Labute approximate surface area is 160 Å². The van der Waals surface area contributed by atoms with E-state index < -0.39 is 0 Å². The number of hydrogen-bond acceptors (Lipinski definition) is 4. The maximum atomic E-state index is 6.47. The molecule has 2 aromatic rings. The average Bonchev–Trinajstić information content (AvgIpc) is 3.15. The van der Waals surface area contributed by atoms with Crippen molar-refractivity contribution in [3.05, 3.63) is 58.1 Å². The Balaban J connectivity index is 1.63. The van der Waals surface area contributed by atoms with E-state index >= 15 is 0 Å². The summed E-state index contributed by atoms with van der Waals surface area (Å²) in [6.45, 7) is 4.97. The van der Waals surface area contributed by atoms with Crippen molar-refractivity contribution in [1.82, 2.24) is 5.32 Å². The molecule has 1 saturated heterocycles. The van der Waals surface area contributed by atoms with Crippen LogP contribution in [0.2, 0.25) is 5.02 Å². The van der Waals surface area contributed by atoms with Gasteiger partial charge in [0.1, 0.15) is 6.61 Å². The number of nitrogens with one attached hydrogen (secondary N) is 1. The molecule has 1 heterocycles. The van der Waals surface area contributed by atoms with Gasteiger partial charge in [-0.15, -0.1) is 0 Å². The Hall–Kier alpha value is -1.75. The van der Waals surface area contributed by atoms with Crippen molar-refractivity contribution in [1.29, 1.82) is 0 Å². The molecule has 26 heavy (non-hydrogen) atoms. The highest BCUT2D eigenvalue weighted by molar-refractivity contribution is 6.32. The van der Waals surface area contributed by atoms with Gasteiger partial charge in [0.15, 0.2) is 11.5 Å². The number of aryl methyl sites for hydroxylation is 1. The molecule has 3 rings (SSSR count). The number of rotatable bonds is 8. The van der Waals surface area contributed by atoms with Crippen LogP contribution >= 0.6 is 11.6 Å². The van der Waals surface area contributed by atoms with E-state index in [0.29, 0.717) is 35.8 Å². The molecule has 0 bridgehead atoms. The van der Waals surface area contributed by atoms with Crippen LogP contribution in [-0.2, 0) is 17.9 Å². The summed E-state index contributed by atoms with van der Waals surface area (Å²) in [6.07, 6.45) is 2.60. The molecule has 2 aromatic carbocycles. The van der Waals surface area contributed by atoms with Crippen molar-refractivity contribution in [2.45, 2.75) is 39.0 Å². The molecular formula is C21H26ClNO3. The fourth-order valence-corrected chi connectivity index (χ4v) is 3.41. The Morgan fingerprint density at radius 3 is 2.85 bits per heavy atom. The molecule has 0 saturated carbocycles. The molecule has 0 spiro atoms. The quantitative estimate of drug-likeness (QED) is 0.737. The van der Waals surface area contributed by atoms with Crippen LogP contribution in [0.25, 0.3) is 0 Å². The number of hydrogen-bond donors (Lipinski definition) is 1. The zero-order valence-electron chi connectivity index (χ0n) is 15.4. The first-order valence-electron chi connectivity index (χ1n) is 9.03. The second kappa shape index (κ2) is 9.26.